The van der Waals surface area contributed by atoms with Crippen molar-refractivity contribution in [1.29, 1.82) is 0 Å². The van der Waals surface area contributed by atoms with Crippen molar-refractivity contribution in [3.05, 3.63) is 0 Å². The number of aromatic nitrogens is 3. The van der Waals surface area contributed by atoms with Gasteiger partial charge < -0.3 is 26.5 Å². The Kier molecular flexibility index (Phi) is 5.88. The van der Waals surface area contributed by atoms with Gasteiger partial charge >= 0.3 is 6.16 Å². The topological polar surface area (TPSA) is 210 Å². The van der Waals surface area contributed by atoms with Crippen molar-refractivity contribution in [3.8, 4) is 0 Å². The monoisotopic (exact) mass is 233 g/mol. The summed E-state index contributed by atoms with van der Waals surface area (Å²) in [5.74, 6) is 15.9. The van der Waals surface area contributed by atoms with E-state index in [1.165, 1.54) is 0 Å². The van der Waals surface area contributed by atoms with Crippen molar-refractivity contribution in [3.63, 3.8) is 0 Å². The van der Waals surface area contributed by atoms with Gasteiger partial charge in [-0.3, -0.25) is 5.84 Å². The van der Waals surface area contributed by atoms with Crippen molar-refractivity contribution in [1.82, 2.24) is 15.4 Å². The molecule has 0 aliphatic rings. The Labute approximate surface area is 88.7 Å². The van der Waals surface area contributed by atoms with Crippen LogP contribution in [0.3, 0.4) is 0 Å². The van der Waals surface area contributed by atoms with Crippen LogP contribution in [0.5, 0.6) is 0 Å². The number of nitrogens with zero attached hydrogens (tertiary/aromatic N) is 3. The highest BCUT2D eigenvalue weighted by molar-refractivity contribution is 5.74. The van der Waals surface area contributed by atoms with Crippen molar-refractivity contribution in [2.45, 2.75) is 0 Å². The molecule has 1 heterocycles. The molecule has 12 nitrogen and oxygen atoms in total. The normalized spacial score (nSPS) is 8.44. The molecular formula is C4H11N9O3. The van der Waals surface area contributed by atoms with Gasteiger partial charge in [0.1, 0.15) is 5.69 Å². The largest absolute Gasteiger partial charge is 0.503 e. The molecule has 0 fully saturated rings. The average molecular weight is 233 g/mol. The van der Waals surface area contributed by atoms with Gasteiger partial charge in [-0.25, -0.2) is 16.5 Å². The van der Waals surface area contributed by atoms with Crippen LogP contribution in [-0.2, 0) is 0 Å². The summed E-state index contributed by atoms with van der Waals surface area (Å²) in [7, 11) is 0. The molecule has 16 heavy (non-hydrogen) atoms. The molecule has 0 radical (unpaired) electrons. The summed E-state index contributed by atoms with van der Waals surface area (Å²) >= 11 is 0. The van der Waals surface area contributed by atoms with Crippen LogP contribution in [0.15, 0.2) is 0 Å². The number of nitrogen functional groups attached to an aromatic ring is 3. The van der Waals surface area contributed by atoms with Gasteiger partial charge in [0.15, 0.2) is 11.6 Å². The zero-order chi connectivity index (χ0) is 12.6. The average Bonchev–Trinajstić information content (AvgIpc) is 2.26. The number of rotatable bonds is 3. The zero-order valence-corrected chi connectivity index (χ0v) is 7.88. The summed E-state index contributed by atoms with van der Waals surface area (Å²) in [6, 6.07) is 0. The lowest BCUT2D eigenvalue weighted by atomic mass is 10.4. The summed E-state index contributed by atoms with van der Waals surface area (Å²) in [5, 5.41) is 24.4. The number of anilines is 3. The van der Waals surface area contributed by atoms with E-state index in [9.17, 15) is 0 Å². The second kappa shape index (κ2) is 6.93. The van der Waals surface area contributed by atoms with Crippen LogP contribution in [-0.4, -0.2) is 31.8 Å². The Morgan fingerprint density at radius 3 is 1.62 bits per heavy atom. The number of hydrazine groups is 3. The van der Waals surface area contributed by atoms with Gasteiger partial charge in [-0.15, -0.1) is 10.2 Å². The first kappa shape index (κ1) is 13.6. The Morgan fingerprint density at radius 2 is 1.38 bits per heavy atom. The summed E-state index contributed by atoms with van der Waals surface area (Å²) < 4.78 is 0. The Hall–Kier alpha value is -2.44. The summed E-state index contributed by atoms with van der Waals surface area (Å²) in [6.45, 7) is 0. The molecule has 0 unspecified atom stereocenters. The molecule has 0 bridgehead atoms. The second-order valence-electron chi connectivity index (χ2n) is 2.08. The van der Waals surface area contributed by atoms with E-state index < -0.39 is 6.16 Å². The number of carboxylic acid groups (broad SMARTS) is 2. The standard InChI is InChI=1S/C3H9N9.CH2O3/c4-7-1-2(8-5)10-12-11-3(1)9-6;2-1(3)4/h4-6H2,(H,7,12)(H2,8,9,10,11);(H2,2,3,4). The van der Waals surface area contributed by atoms with Crippen LogP contribution in [0.2, 0.25) is 0 Å². The predicted octanol–water partition coefficient (Wildman–Crippen LogP) is -2.05. The van der Waals surface area contributed by atoms with E-state index in [1.54, 1.807) is 0 Å². The first-order valence-corrected chi connectivity index (χ1v) is 3.61. The third kappa shape index (κ3) is 4.18. The molecule has 0 aliphatic carbocycles. The van der Waals surface area contributed by atoms with Crippen LogP contribution in [0.1, 0.15) is 0 Å². The molecule has 0 saturated carbocycles. The Balaban J connectivity index is 0.000000487. The first-order valence-electron chi connectivity index (χ1n) is 3.61. The van der Waals surface area contributed by atoms with Gasteiger partial charge in [-0.1, -0.05) is 0 Å². The predicted molar refractivity (Wildman–Crippen MR) is 53.9 cm³/mol. The number of hydrogen-bond acceptors (Lipinski definition) is 10. The molecule has 1 aromatic rings. The number of carbonyl (C=O) groups is 1. The van der Waals surface area contributed by atoms with Crippen LogP contribution in [0.25, 0.3) is 0 Å². The lowest BCUT2D eigenvalue weighted by Crippen LogP contribution is -2.20. The third-order valence-electron chi connectivity index (χ3n) is 1.18. The summed E-state index contributed by atoms with van der Waals surface area (Å²) in [6.07, 6.45) is -1.83. The van der Waals surface area contributed by atoms with Crippen LogP contribution >= 0.6 is 0 Å². The maximum atomic E-state index is 8.56. The van der Waals surface area contributed by atoms with E-state index in [1.807, 2.05) is 0 Å². The molecule has 0 amide bonds. The lowest BCUT2D eigenvalue weighted by molar-refractivity contribution is 0.137. The second-order valence-corrected chi connectivity index (χ2v) is 2.08. The van der Waals surface area contributed by atoms with Gasteiger partial charge in [-0.05, 0) is 5.21 Å². The summed E-state index contributed by atoms with van der Waals surface area (Å²) in [5.41, 5.74) is 7.20. The van der Waals surface area contributed by atoms with Gasteiger partial charge in [0.25, 0.3) is 0 Å². The highest BCUT2D eigenvalue weighted by Gasteiger charge is 2.08. The van der Waals surface area contributed by atoms with Crippen LogP contribution in [0.4, 0.5) is 22.1 Å². The SMILES string of the molecule is NNc1nnnc(NN)c1NN.O=C(O)O. The molecular weight excluding hydrogens is 222 g/mol. The molecule has 11 N–H and O–H groups in total. The molecule has 0 aliphatic heterocycles. The molecule has 0 saturated heterocycles. The number of hydrogen-bond donors (Lipinski definition) is 8. The minimum Gasteiger partial charge on any atom is -0.450 e. The van der Waals surface area contributed by atoms with Crippen LogP contribution in [0, 0.1) is 0 Å². The molecule has 0 aromatic carbocycles. The van der Waals surface area contributed by atoms with Crippen molar-refractivity contribution < 1.29 is 15.0 Å². The quantitative estimate of drug-likeness (QED) is 0.209. The molecule has 1 rings (SSSR count). The number of nitrogens with two attached hydrogens (primary N) is 3. The highest BCUT2D eigenvalue weighted by Crippen LogP contribution is 2.21. The maximum Gasteiger partial charge on any atom is 0.503 e. The molecule has 12 heteroatoms. The Morgan fingerprint density at radius 1 is 1.00 bits per heavy atom. The molecule has 0 atom stereocenters. The lowest BCUT2D eigenvalue weighted by Gasteiger charge is -2.08. The van der Waals surface area contributed by atoms with E-state index in [0.29, 0.717) is 5.69 Å². The van der Waals surface area contributed by atoms with E-state index >= 15 is 0 Å². The van der Waals surface area contributed by atoms with E-state index in [4.69, 9.17) is 32.5 Å². The fraction of sp³-hybridized carbons (Fsp3) is 0. The third-order valence-corrected chi connectivity index (χ3v) is 1.18. The van der Waals surface area contributed by atoms with Crippen molar-refractivity contribution >= 4 is 23.5 Å². The first-order chi connectivity index (χ1) is 7.56. The van der Waals surface area contributed by atoms with Gasteiger partial charge in [0, 0.05) is 0 Å². The minimum absolute atomic E-state index is 0.250. The molecule has 0 spiro atoms. The fourth-order valence-electron chi connectivity index (χ4n) is 0.663. The van der Waals surface area contributed by atoms with Gasteiger partial charge in [0.05, 0.1) is 0 Å². The smallest absolute Gasteiger partial charge is 0.450 e. The Bertz CT molecular complexity index is 317. The van der Waals surface area contributed by atoms with E-state index in [2.05, 4.69) is 31.7 Å². The maximum absolute atomic E-state index is 8.56. The minimum atomic E-state index is -1.83. The highest BCUT2D eigenvalue weighted by atomic mass is 16.6. The molecule has 90 valence electrons. The van der Waals surface area contributed by atoms with Crippen molar-refractivity contribution in [2.24, 2.45) is 17.5 Å². The molecule has 1 aromatic heterocycles. The summed E-state index contributed by atoms with van der Waals surface area (Å²) in [4.78, 5) is 8.56. The zero-order valence-electron chi connectivity index (χ0n) is 7.88. The fourth-order valence-corrected chi connectivity index (χ4v) is 0.663. The van der Waals surface area contributed by atoms with E-state index in [-0.39, 0.29) is 11.6 Å². The van der Waals surface area contributed by atoms with Gasteiger partial charge in [-0.2, -0.15) is 0 Å². The number of nitrogens with one attached hydrogen (secondary N) is 3. The van der Waals surface area contributed by atoms with Crippen LogP contribution < -0.4 is 33.8 Å². The van der Waals surface area contributed by atoms with Crippen molar-refractivity contribution in [2.75, 3.05) is 16.3 Å². The van der Waals surface area contributed by atoms with Gasteiger partial charge in [0.2, 0.25) is 0 Å². The van der Waals surface area contributed by atoms with E-state index in [0.717, 1.165) is 0 Å².